The Hall–Kier alpha value is -0.200. The van der Waals surface area contributed by atoms with E-state index in [4.69, 9.17) is 22.2 Å². The molecule has 0 saturated carbocycles. The fourth-order valence-corrected chi connectivity index (χ4v) is 2.49. The summed E-state index contributed by atoms with van der Waals surface area (Å²) in [5.74, 6) is 5.28. The molecule has 0 aromatic heterocycles. The third-order valence-corrected chi connectivity index (χ3v) is 4.18. The number of ether oxygens (including phenoxy) is 1. The zero-order valence-electron chi connectivity index (χ0n) is 11.2. The highest BCUT2D eigenvalue weighted by atomic mass is 79.9. The van der Waals surface area contributed by atoms with Crippen molar-refractivity contribution in [2.75, 3.05) is 6.61 Å². The normalized spacial score (nSPS) is 14.7. The van der Waals surface area contributed by atoms with Gasteiger partial charge in [0.25, 0.3) is 0 Å². The van der Waals surface area contributed by atoms with Crippen LogP contribution in [0.3, 0.4) is 0 Å². The van der Waals surface area contributed by atoms with Crippen LogP contribution in [-0.2, 0) is 4.74 Å². The maximum Gasteiger partial charge on any atom is 0.147 e. The zero-order valence-corrected chi connectivity index (χ0v) is 13.6. The highest BCUT2D eigenvalue weighted by molar-refractivity contribution is 9.10. The van der Waals surface area contributed by atoms with Gasteiger partial charge in [-0.05, 0) is 34.8 Å². The first-order valence-electron chi connectivity index (χ1n) is 6.15. The molecule has 6 heteroatoms. The minimum Gasteiger partial charge on any atom is -0.376 e. The molecule has 1 rings (SSSR count). The zero-order chi connectivity index (χ0) is 14.6. The predicted molar refractivity (Wildman–Crippen MR) is 79.4 cm³/mol. The number of benzene rings is 1. The Morgan fingerprint density at radius 1 is 1.47 bits per heavy atom. The summed E-state index contributed by atoms with van der Waals surface area (Å²) in [5.41, 5.74) is 3.04. The standard InChI is InChI=1S/C13H19BrClFN2O/c1-4-19-13(7(2)3)12(18-17)8-5-6-9(14)10(15)11(8)16/h5-7,12-13,18H,4,17H2,1-3H3. The number of nitrogens with one attached hydrogen (secondary N) is 1. The molecule has 0 bridgehead atoms. The van der Waals surface area contributed by atoms with Crippen LogP contribution in [0.2, 0.25) is 5.02 Å². The Labute approximate surface area is 126 Å². The highest BCUT2D eigenvalue weighted by Crippen LogP contribution is 2.33. The lowest BCUT2D eigenvalue weighted by Crippen LogP contribution is -2.41. The summed E-state index contributed by atoms with van der Waals surface area (Å²) in [4.78, 5) is 0. The van der Waals surface area contributed by atoms with Gasteiger partial charge in [0.05, 0.1) is 17.2 Å². The van der Waals surface area contributed by atoms with E-state index in [0.29, 0.717) is 16.6 Å². The average molecular weight is 354 g/mol. The number of halogens is 3. The third-order valence-electron chi connectivity index (χ3n) is 2.92. The summed E-state index contributed by atoms with van der Waals surface area (Å²) < 4.78 is 20.4. The summed E-state index contributed by atoms with van der Waals surface area (Å²) >= 11 is 9.11. The molecule has 0 heterocycles. The van der Waals surface area contributed by atoms with E-state index in [1.807, 2.05) is 20.8 Å². The first-order valence-corrected chi connectivity index (χ1v) is 7.32. The Balaban J connectivity index is 3.18. The van der Waals surface area contributed by atoms with Crippen molar-refractivity contribution in [2.45, 2.75) is 32.9 Å². The average Bonchev–Trinajstić information content (AvgIpc) is 2.37. The first kappa shape index (κ1) is 16.9. The maximum atomic E-state index is 14.3. The fraction of sp³-hybridized carbons (Fsp3) is 0.538. The lowest BCUT2D eigenvalue weighted by atomic mass is 9.93. The highest BCUT2D eigenvalue weighted by Gasteiger charge is 2.29. The van der Waals surface area contributed by atoms with E-state index in [1.54, 1.807) is 12.1 Å². The molecule has 0 saturated heterocycles. The molecule has 0 spiro atoms. The molecule has 2 atom stereocenters. The molecule has 0 fully saturated rings. The van der Waals surface area contributed by atoms with Crippen molar-refractivity contribution in [2.24, 2.45) is 11.8 Å². The van der Waals surface area contributed by atoms with Crippen molar-refractivity contribution in [1.29, 1.82) is 0 Å². The number of hydrazine groups is 1. The van der Waals surface area contributed by atoms with Crippen LogP contribution < -0.4 is 11.3 Å². The molecule has 19 heavy (non-hydrogen) atoms. The molecule has 1 aromatic rings. The van der Waals surface area contributed by atoms with Crippen LogP contribution in [0.5, 0.6) is 0 Å². The second-order valence-electron chi connectivity index (χ2n) is 4.57. The van der Waals surface area contributed by atoms with Gasteiger partial charge < -0.3 is 4.74 Å². The van der Waals surface area contributed by atoms with E-state index in [1.165, 1.54) is 0 Å². The van der Waals surface area contributed by atoms with E-state index in [0.717, 1.165) is 0 Å². The van der Waals surface area contributed by atoms with Crippen molar-refractivity contribution in [1.82, 2.24) is 5.43 Å². The van der Waals surface area contributed by atoms with Crippen molar-refractivity contribution < 1.29 is 9.13 Å². The van der Waals surface area contributed by atoms with E-state index in [-0.39, 0.29) is 17.0 Å². The fourth-order valence-electron chi connectivity index (χ4n) is 2.01. The van der Waals surface area contributed by atoms with Crippen molar-refractivity contribution in [3.05, 3.63) is 33.0 Å². The van der Waals surface area contributed by atoms with Gasteiger partial charge in [-0.3, -0.25) is 11.3 Å². The van der Waals surface area contributed by atoms with Crippen LogP contribution in [0.15, 0.2) is 16.6 Å². The summed E-state index contributed by atoms with van der Waals surface area (Å²) in [6.07, 6.45) is -0.234. The van der Waals surface area contributed by atoms with E-state index < -0.39 is 11.9 Å². The molecule has 0 aliphatic heterocycles. The summed E-state index contributed by atoms with van der Waals surface area (Å²) in [7, 11) is 0. The maximum absolute atomic E-state index is 14.3. The van der Waals surface area contributed by atoms with E-state index in [9.17, 15) is 4.39 Å². The molecule has 0 radical (unpaired) electrons. The van der Waals surface area contributed by atoms with E-state index >= 15 is 0 Å². The topological polar surface area (TPSA) is 47.3 Å². The van der Waals surface area contributed by atoms with Gasteiger partial charge in [0.1, 0.15) is 5.82 Å². The van der Waals surface area contributed by atoms with Gasteiger partial charge >= 0.3 is 0 Å². The van der Waals surface area contributed by atoms with Gasteiger partial charge in [0.2, 0.25) is 0 Å². The van der Waals surface area contributed by atoms with Gasteiger partial charge in [0, 0.05) is 16.6 Å². The molecule has 0 aliphatic carbocycles. The number of nitrogens with two attached hydrogens (primary N) is 1. The summed E-state index contributed by atoms with van der Waals surface area (Å²) in [6.45, 7) is 6.44. The largest absolute Gasteiger partial charge is 0.376 e. The lowest BCUT2D eigenvalue weighted by molar-refractivity contribution is 0.00196. The quantitative estimate of drug-likeness (QED) is 0.464. The second kappa shape index (κ2) is 7.55. The summed E-state index contributed by atoms with van der Waals surface area (Å²) in [6, 6.07) is 2.91. The van der Waals surface area contributed by atoms with E-state index in [2.05, 4.69) is 21.4 Å². The Bertz CT molecular complexity index is 431. The van der Waals surface area contributed by atoms with Crippen LogP contribution in [0.25, 0.3) is 0 Å². The number of hydrogen-bond donors (Lipinski definition) is 2. The molecular weight excluding hydrogens is 335 g/mol. The van der Waals surface area contributed by atoms with Crippen LogP contribution in [0, 0.1) is 11.7 Å². The Kier molecular flexibility index (Phi) is 6.69. The monoisotopic (exact) mass is 352 g/mol. The second-order valence-corrected chi connectivity index (χ2v) is 5.81. The first-order chi connectivity index (χ1) is 8.93. The van der Waals surface area contributed by atoms with Gasteiger partial charge in [-0.15, -0.1) is 0 Å². The molecular formula is C13H19BrClFN2O. The molecule has 0 amide bonds. The van der Waals surface area contributed by atoms with Gasteiger partial charge in [-0.25, -0.2) is 4.39 Å². The lowest BCUT2D eigenvalue weighted by Gasteiger charge is -2.30. The molecule has 3 nitrogen and oxygen atoms in total. The minimum absolute atomic E-state index is 0.0526. The van der Waals surface area contributed by atoms with Crippen molar-refractivity contribution >= 4 is 27.5 Å². The SMILES string of the molecule is CCOC(C(C)C)C(NN)c1ccc(Br)c(Cl)c1F. The molecule has 1 aromatic carbocycles. The van der Waals surface area contributed by atoms with Gasteiger partial charge in [-0.2, -0.15) is 0 Å². The van der Waals surface area contributed by atoms with Crippen molar-refractivity contribution in [3.8, 4) is 0 Å². The Morgan fingerprint density at radius 2 is 2.11 bits per heavy atom. The smallest absolute Gasteiger partial charge is 0.147 e. The number of hydrogen-bond acceptors (Lipinski definition) is 3. The van der Waals surface area contributed by atoms with Crippen LogP contribution >= 0.6 is 27.5 Å². The van der Waals surface area contributed by atoms with Crippen LogP contribution in [0.1, 0.15) is 32.4 Å². The Morgan fingerprint density at radius 3 is 2.58 bits per heavy atom. The van der Waals surface area contributed by atoms with Crippen molar-refractivity contribution in [3.63, 3.8) is 0 Å². The van der Waals surface area contributed by atoms with Gasteiger partial charge in [-0.1, -0.05) is 31.5 Å². The molecule has 108 valence electrons. The third kappa shape index (κ3) is 3.89. The van der Waals surface area contributed by atoms with Crippen LogP contribution in [-0.4, -0.2) is 12.7 Å². The minimum atomic E-state index is -0.482. The number of rotatable bonds is 6. The van der Waals surface area contributed by atoms with Crippen LogP contribution in [0.4, 0.5) is 4.39 Å². The molecule has 2 unspecified atom stereocenters. The molecule has 3 N–H and O–H groups in total. The molecule has 0 aliphatic rings. The van der Waals surface area contributed by atoms with Gasteiger partial charge in [0.15, 0.2) is 0 Å². The predicted octanol–water partition coefficient (Wildman–Crippen LogP) is 3.81. The summed E-state index contributed by atoms with van der Waals surface area (Å²) in [5, 5.41) is 0.0526.